The lowest BCUT2D eigenvalue weighted by Gasteiger charge is -2.14. The van der Waals surface area contributed by atoms with Gasteiger partial charge < -0.3 is 5.73 Å². The quantitative estimate of drug-likeness (QED) is 0.894. The fraction of sp³-hybridized carbons (Fsp3) is 0.333. The summed E-state index contributed by atoms with van der Waals surface area (Å²) in [5.41, 5.74) is 8.07. The van der Waals surface area contributed by atoms with Crippen LogP contribution in [0.25, 0.3) is 0 Å². The molecule has 0 aliphatic rings. The fourth-order valence-electron chi connectivity index (χ4n) is 1.78. The fourth-order valence-corrected chi connectivity index (χ4v) is 2.56. The zero-order chi connectivity index (χ0) is 13.1. The number of hydrogen-bond donors (Lipinski definition) is 1. The molecule has 0 fully saturated rings. The molecule has 4 nitrogen and oxygen atoms in total. The second kappa shape index (κ2) is 5.95. The molecule has 0 saturated carbocycles. The molecule has 0 bridgehead atoms. The maximum absolute atomic E-state index is 6.27. The minimum Gasteiger partial charge on any atom is -0.318 e. The Morgan fingerprint density at radius 1 is 1.33 bits per heavy atom. The molecule has 0 aliphatic carbocycles. The Morgan fingerprint density at radius 2 is 2.11 bits per heavy atom. The molecule has 1 atom stereocenters. The van der Waals surface area contributed by atoms with Crippen LogP contribution in [0.5, 0.6) is 0 Å². The van der Waals surface area contributed by atoms with Crippen molar-refractivity contribution in [2.45, 2.75) is 25.9 Å². The largest absolute Gasteiger partial charge is 0.318 e. The van der Waals surface area contributed by atoms with Crippen molar-refractivity contribution in [2.24, 2.45) is 5.73 Å². The van der Waals surface area contributed by atoms with Gasteiger partial charge >= 0.3 is 0 Å². The van der Waals surface area contributed by atoms with Crippen molar-refractivity contribution >= 4 is 31.9 Å². The van der Waals surface area contributed by atoms with Crippen molar-refractivity contribution in [3.05, 3.63) is 44.9 Å². The van der Waals surface area contributed by atoms with E-state index in [4.69, 9.17) is 5.73 Å². The molecule has 0 amide bonds. The summed E-state index contributed by atoms with van der Waals surface area (Å²) < 4.78 is 3.80. The van der Waals surface area contributed by atoms with Crippen LogP contribution >= 0.6 is 31.9 Å². The highest BCUT2D eigenvalue weighted by Gasteiger charge is 2.18. The molecule has 2 aromatic rings. The van der Waals surface area contributed by atoms with E-state index in [0.717, 1.165) is 33.3 Å². The molecular formula is C12H14Br2N4. The second-order valence-corrected chi connectivity index (χ2v) is 5.75. The zero-order valence-corrected chi connectivity index (χ0v) is 13.1. The normalized spacial score (nSPS) is 12.7. The number of aryl methyl sites for hydroxylation is 1. The van der Waals surface area contributed by atoms with Crippen LogP contribution in [0.15, 0.2) is 33.5 Å². The summed E-state index contributed by atoms with van der Waals surface area (Å²) in [5.74, 6) is 0. The summed E-state index contributed by atoms with van der Waals surface area (Å²) in [4.78, 5) is 4.34. The summed E-state index contributed by atoms with van der Waals surface area (Å²) in [5, 5.41) is 4.32. The summed E-state index contributed by atoms with van der Waals surface area (Å²) in [7, 11) is 0. The van der Waals surface area contributed by atoms with Gasteiger partial charge in [0.15, 0.2) is 0 Å². The maximum Gasteiger partial charge on any atom is 0.0908 e. The number of halogens is 2. The molecular weight excluding hydrogens is 360 g/mol. The SMILES string of the molecule is CCCn1ncc(Br)c1C(N)c1ccc(Br)cn1. The van der Waals surface area contributed by atoms with Crippen molar-refractivity contribution in [1.29, 1.82) is 0 Å². The van der Waals surface area contributed by atoms with Crippen LogP contribution in [-0.4, -0.2) is 14.8 Å². The van der Waals surface area contributed by atoms with Gasteiger partial charge in [-0.15, -0.1) is 0 Å². The van der Waals surface area contributed by atoms with E-state index in [1.807, 2.05) is 16.8 Å². The number of rotatable bonds is 4. The minimum atomic E-state index is -0.276. The van der Waals surface area contributed by atoms with Crippen LogP contribution < -0.4 is 5.73 Å². The second-order valence-electron chi connectivity index (χ2n) is 3.98. The predicted octanol–water partition coefficient (Wildman–Crippen LogP) is 3.26. The van der Waals surface area contributed by atoms with E-state index in [9.17, 15) is 0 Å². The topological polar surface area (TPSA) is 56.7 Å². The molecule has 0 aliphatic heterocycles. The van der Waals surface area contributed by atoms with Crippen molar-refractivity contribution in [1.82, 2.24) is 14.8 Å². The number of pyridine rings is 1. The van der Waals surface area contributed by atoms with E-state index in [1.54, 1.807) is 12.4 Å². The van der Waals surface area contributed by atoms with E-state index in [2.05, 4.69) is 48.9 Å². The van der Waals surface area contributed by atoms with E-state index >= 15 is 0 Å². The highest BCUT2D eigenvalue weighted by atomic mass is 79.9. The van der Waals surface area contributed by atoms with E-state index in [1.165, 1.54) is 0 Å². The summed E-state index contributed by atoms with van der Waals surface area (Å²) in [6, 6.07) is 3.59. The molecule has 0 spiro atoms. The van der Waals surface area contributed by atoms with Gasteiger partial charge in [-0.2, -0.15) is 5.10 Å². The number of nitrogens with zero attached hydrogens (tertiary/aromatic N) is 3. The smallest absolute Gasteiger partial charge is 0.0908 e. The Balaban J connectivity index is 2.35. The van der Waals surface area contributed by atoms with Gasteiger partial charge in [-0.3, -0.25) is 9.67 Å². The minimum absolute atomic E-state index is 0.276. The third-order valence-corrected chi connectivity index (χ3v) is 3.71. The van der Waals surface area contributed by atoms with Crippen molar-refractivity contribution in [3.63, 3.8) is 0 Å². The number of hydrogen-bond acceptors (Lipinski definition) is 3. The first-order valence-electron chi connectivity index (χ1n) is 5.71. The van der Waals surface area contributed by atoms with Crippen molar-refractivity contribution in [3.8, 4) is 0 Å². The lowest BCUT2D eigenvalue weighted by Crippen LogP contribution is -2.19. The van der Waals surface area contributed by atoms with Gasteiger partial charge in [0.25, 0.3) is 0 Å². The molecule has 2 aromatic heterocycles. The average Bonchev–Trinajstić information content (AvgIpc) is 2.71. The Morgan fingerprint density at radius 3 is 2.72 bits per heavy atom. The molecule has 18 heavy (non-hydrogen) atoms. The van der Waals surface area contributed by atoms with Gasteiger partial charge in [0.1, 0.15) is 0 Å². The van der Waals surface area contributed by atoms with Crippen molar-refractivity contribution < 1.29 is 0 Å². The first kappa shape index (κ1) is 13.7. The van der Waals surface area contributed by atoms with Crippen LogP contribution in [0.1, 0.15) is 30.8 Å². The molecule has 0 radical (unpaired) electrons. The van der Waals surface area contributed by atoms with Gasteiger partial charge in [0, 0.05) is 17.2 Å². The molecule has 96 valence electrons. The maximum atomic E-state index is 6.27. The van der Waals surface area contributed by atoms with Gasteiger partial charge in [-0.1, -0.05) is 6.92 Å². The third-order valence-electron chi connectivity index (χ3n) is 2.63. The Bertz CT molecular complexity index is 521. The molecule has 2 rings (SSSR count). The molecule has 0 aromatic carbocycles. The lowest BCUT2D eigenvalue weighted by atomic mass is 10.1. The Labute approximate surface area is 123 Å². The number of aromatic nitrogens is 3. The Kier molecular flexibility index (Phi) is 4.53. The number of nitrogens with two attached hydrogens (primary N) is 1. The molecule has 6 heteroatoms. The van der Waals surface area contributed by atoms with Crippen LogP contribution in [-0.2, 0) is 6.54 Å². The average molecular weight is 374 g/mol. The van der Waals surface area contributed by atoms with Crippen LogP contribution in [0, 0.1) is 0 Å². The van der Waals surface area contributed by atoms with E-state index in [-0.39, 0.29) is 6.04 Å². The van der Waals surface area contributed by atoms with Crippen LogP contribution in [0.2, 0.25) is 0 Å². The zero-order valence-electron chi connectivity index (χ0n) is 9.98. The standard InChI is InChI=1S/C12H14Br2N4/c1-2-5-18-12(9(14)7-17-18)11(15)10-4-3-8(13)6-16-10/h3-4,6-7,11H,2,5,15H2,1H3. The summed E-state index contributed by atoms with van der Waals surface area (Å²) in [6.07, 6.45) is 4.55. The van der Waals surface area contributed by atoms with Crippen LogP contribution in [0.4, 0.5) is 0 Å². The first-order valence-corrected chi connectivity index (χ1v) is 7.30. The third kappa shape index (κ3) is 2.81. The lowest BCUT2D eigenvalue weighted by molar-refractivity contribution is 0.556. The highest BCUT2D eigenvalue weighted by molar-refractivity contribution is 9.10. The molecule has 1 unspecified atom stereocenters. The van der Waals surface area contributed by atoms with Gasteiger partial charge in [-0.25, -0.2) is 0 Å². The van der Waals surface area contributed by atoms with E-state index < -0.39 is 0 Å². The Hall–Kier alpha value is -0.720. The highest BCUT2D eigenvalue weighted by Crippen LogP contribution is 2.26. The summed E-state index contributed by atoms with van der Waals surface area (Å²) >= 11 is 6.87. The predicted molar refractivity (Wildman–Crippen MR) is 78.2 cm³/mol. The van der Waals surface area contributed by atoms with E-state index in [0.29, 0.717) is 0 Å². The van der Waals surface area contributed by atoms with Gasteiger partial charge in [-0.05, 0) is 50.4 Å². The molecule has 2 heterocycles. The van der Waals surface area contributed by atoms with Gasteiger partial charge in [0.05, 0.1) is 28.1 Å². The van der Waals surface area contributed by atoms with Gasteiger partial charge in [0.2, 0.25) is 0 Å². The molecule has 2 N–H and O–H groups in total. The van der Waals surface area contributed by atoms with Crippen molar-refractivity contribution in [2.75, 3.05) is 0 Å². The monoisotopic (exact) mass is 372 g/mol. The first-order chi connectivity index (χ1) is 8.63. The summed E-state index contributed by atoms with van der Waals surface area (Å²) in [6.45, 7) is 2.97. The van der Waals surface area contributed by atoms with Crippen LogP contribution in [0.3, 0.4) is 0 Å². The molecule has 0 saturated heterocycles.